The van der Waals surface area contributed by atoms with Gasteiger partial charge < -0.3 is 14.3 Å². The van der Waals surface area contributed by atoms with Gasteiger partial charge in [0.2, 0.25) is 11.7 Å². The van der Waals surface area contributed by atoms with E-state index in [9.17, 15) is 9.59 Å². The first kappa shape index (κ1) is 12.2. The van der Waals surface area contributed by atoms with Crippen LogP contribution in [0.3, 0.4) is 0 Å². The second kappa shape index (κ2) is 5.03. The highest BCUT2D eigenvalue weighted by Crippen LogP contribution is 2.25. The largest absolute Gasteiger partial charge is 0.351 e. The summed E-state index contributed by atoms with van der Waals surface area (Å²) >= 11 is 0. The Labute approximate surface area is 111 Å². The lowest BCUT2D eigenvalue weighted by atomic mass is 10.1. The van der Waals surface area contributed by atoms with Gasteiger partial charge in [-0.05, 0) is 12.8 Å². The van der Waals surface area contributed by atoms with E-state index < -0.39 is 0 Å². The summed E-state index contributed by atoms with van der Waals surface area (Å²) in [4.78, 5) is 27.7. The Bertz CT molecular complexity index is 465. The van der Waals surface area contributed by atoms with Crippen LogP contribution in [0.5, 0.6) is 0 Å². The molecular formula is C13H17N3O3. The van der Waals surface area contributed by atoms with Crippen LogP contribution in [0.1, 0.15) is 36.2 Å². The van der Waals surface area contributed by atoms with Gasteiger partial charge in [-0.25, -0.2) is 0 Å². The highest BCUT2D eigenvalue weighted by Gasteiger charge is 2.33. The zero-order chi connectivity index (χ0) is 13.2. The Morgan fingerprint density at radius 2 is 2.11 bits per heavy atom. The van der Waals surface area contributed by atoms with Crippen LogP contribution in [0.15, 0.2) is 16.8 Å². The molecule has 1 aromatic heterocycles. The monoisotopic (exact) mass is 263 g/mol. The van der Waals surface area contributed by atoms with Crippen molar-refractivity contribution in [3.05, 3.63) is 18.0 Å². The van der Waals surface area contributed by atoms with Gasteiger partial charge in [-0.1, -0.05) is 18.0 Å². The van der Waals surface area contributed by atoms with Crippen molar-refractivity contribution in [2.24, 2.45) is 0 Å². The molecule has 2 fully saturated rings. The van der Waals surface area contributed by atoms with Gasteiger partial charge in [0.25, 0.3) is 5.91 Å². The quantitative estimate of drug-likeness (QED) is 0.795. The number of carbonyl (C=O) groups is 2. The molecule has 3 rings (SSSR count). The molecule has 1 saturated heterocycles. The maximum Gasteiger partial charge on any atom is 0.292 e. The van der Waals surface area contributed by atoms with Gasteiger partial charge >= 0.3 is 0 Å². The van der Waals surface area contributed by atoms with Crippen LogP contribution in [-0.2, 0) is 4.79 Å². The normalized spacial score (nSPS) is 21.2. The molecule has 1 aliphatic carbocycles. The van der Waals surface area contributed by atoms with E-state index in [4.69, 9.17) is 4.52 Å². The molecule has 2 heterocycles. The van der Waals surface area contributed by atoms with E-state index in [-0.39, 0.29) is 24.1 Å². The van der Waals surface area contributed by atoms with Crippen molar-refractivity contribution >= 4 is 11.8 Å². The number of rotatable bonds is 2. The van der Waals surface area contributed by atoms with Crippen LogP contribution in [0.2, 0.25) is 0 Å². The van der Waals surface area contributed by atoms with Gasteiger partial charge in [0.1, 0.15) is 6.54 Å². The molecule has 0 spiro atoms. The molecule has 1 saturated carbocycles. The SMILES string of the molecule is O=C(c1ccno1)N1CCN(C2CCCC2)C(=O)C1. The zero-order valence-corrected chi connectivity index (χ0v) is 10.7. The number of nitrogens with zero attached hydrogens (tertiary/aromatic N) is 3. The van der Waals surface area contributed by atoms with Crippen LogP contribution >= 0.6 is 0 Å². The van der Waals surface area contributed by atoms with Gasteiger partial charge in [0, 0.05) is 25.2 Å². The third-order valence-corrected chi connectivity index (χ3v) is 3.96. The van der Waals surface area contributed by atoms with Crippen molar-refractivity contribution in [3.63, 3.8) is 0 Å². The molecule has 1 aromatic rings. The number of amides is 2. The summed E-state index contributed by atoms with van der Waals surface area (Å²) in [6.45, 7) is 1.35. The van der Waals surface area contributed by atoms with E-state index in [0.717, 1.165) is 12.8 Å². The summed E-state index contributed by atoms with van der Waals surface area (Å²) in [5.74, 6) is -0.00921. The lowest BCUT2D eigenvalue weighted by Crippen LogP contribution is -2.54. The average molecular weight is 263 g/mol. The maximum atomic E-state index is 12.2. The van der Waals surface area contributed by atoms with Crippen LogP contribution < -0.4 is 0 Å². The van der Waals surface area contributed by atoms with Crippen molar-refractivity contribution in [3.8, 4) is 0 Å². The summed E-state index contributed by atoms with van der Waals surface area (Å²) in [7, 11) is 0. The van der Waals surface area contributed by atoms with E-state index >= 15 is 0 Å². The minimum atomic E-state index is -0.253. The summed E-state index contributed by atoms with van der Waals surface area (Å²) in [5, 5.41) is 3.52. The Hall–Kier alpha value is -1.85. The molecule has 19 heavy (non-hydrogen) atoms. The molecule has 6 nitrogen and oxygen atoms in total. The van der Waals surface area contributed by atoms with Crippen molar-refractivity contribution in [2.45, 2.75) is 31.7 Å². The minimum absolute atomic E-state index is 0.0472. The van der Waals surface area contributed by atoms with Crippen molar-refractivity contribution < 1.29 is 14.1 Å². The first-order valence-corrected chi connectivity index (χ1v) is 6.75. The molecule has 1 aliphatic heterocycles. The average Bonchev–Trinajstić information content (AvgIpc) is 3.11. The smallest absolute Gasteiger partial charge is 0.292 e. The number of aromatic nitrogens is 1. The third kappa shape index (κ3) is 2.34. The van der Waals surface area contributed by atoms with Crippen LogP contribution in [0.25, 0.3) is 0 Å². The lowest BCUT2D eigenvalue weighted by Gasteiger charge is -2.37. The zero-order valence-electron chi connectivity index (χ0n) is 10.7. The second-order valence-corrected chi connectivity index (χ2v) is 5.13. The summed E-state index contributed by atoms with van der Waals surface area (Å²) in [6, 6.07) is 1.91. The Kier molecular flexibility index (Phi) is 3.23. The van der Waals surface area contributed by atoms with Gasteiger partial charge in [0.05, 0.1) is 6.20 Å². The summed E-state index contributed by atoms with van der Waals surface area (Å²) in [5.41, 5.74) is 0. The Balaban J connectivity index is 1.63. The van der Waals surface area contributed by atoms with E-state index in [1.54, 1.807) is 0 Å². The second-order valence-electron chi connectivity index (χ2n) is 5.13. The number of hydrogen-bond donors (Lipinski definition) is 0. The van der Waals surface area contributed by atoms with Gasteiger partial charge in [-0.3, -0.25) is 9.59 Å². The fraction of sp³-hybridized carbons (Fsp3) is 0.615. The highest BCUT2D eigenvalue weighted by atomic mass is 16.5. The first-order chi connectivity index (χ1) is 9.25. The molecule has 2 amide bonds. The van der Waals surface area contributed by atoms with E-state index in [1.165, 1.54) is 30.0 Å². The predicted molar refractivity (Wildman–Crippen MR) is 66.4 cm³/mol. The van der Waals surface area contributed by atoms with E-state index in [0.29, 0.717) is 19.1 Å². The number of hydrogen-bond acceptors (Lipinski definition) is 4. The molecule has 0 atom stereocenters. The van der Waals surface area contributed by atoms with E-state index in [2.05, 4.69) is 5.16 Å². The molecule has 0 aromatic carbocycles. The molecule has 0 N–H and O–H groups in total. The van der Waals surface area contributed by atoms with Crippen molar-refractivity contribution in [1.82, 2.24) is 15.0 Å². The molecule has 0 radical (unpaired) electrons. The Morgan fingerprint density at radius 1 is 1.32 bits per heavy atom. The maximum absolute atomic E-state index is 12.2. The highest BCUT2D eigenvalue weighted by molar-refractivity contribution is 5.94. The molecule has 0 unspecified atom stereocenters. The van der Waals surface area contributed by atoms with E-state index in [1.807, 2.05) is 4.90 Å². The minimum Gasteiger partial charge on any atom is -0.351 e. The molecule has 2 aliphatic rings. The van der Waals surface area contributed by atoms with Gasteiger partial charge in [-0.15, -0.1) is 0 Å². The predicted octanol–water partition coefficient (Wildman–Crippen LogP) is 0.902. The Morgan fingerprint density at radius 3 is 2.74 bits per heavy atom. The lowest BCUT2D eigenvalue weighted by molar-refractivity contribution is -0.137. The first-order valence-electron chi connectivity index (χ1n) is 6.75. The molecule has 6 heteroatoms. The van der Waals surface area contributed by atoms with Gasteiger partial charge in [-0.2, -0.15) is 0 Å². The topological polar surface area (TPSA) is 66.7 Å². The van der Waals surface area contributed by atoms with Crippen LogP contribution in [-0.4, -0.2) is 52.4 Å². The fourth-order valence-electron chi connectivity index (χ4n) is 2.94. The van der Waals surface area contributed by atoms with Crippen LogP contribution in [0.4, 0.5) is 0 Å². The summed E-state index contributed by atoms with van der Waals surface area (Å²) in [6.07, 6.45) is 6.04. The van der Waals surface area contributed by atoms with Gasteiger partial charge in [0.15, 0.2) is 0 Å². The third-order valence-electron chi connectivity index (χ3n) is 3.96. The standard InChI is InChI=1S/C13H17N3O3/c17-12-9-15(13(18)11-5-6-14-19-11)7-8-16(12)10-3-1-2-4-10/h5-6,10H,1-4,7-9H2. The molecule has 102 valence electrons. The number of carbonyl (C=O) groups excluding carboxylic acids is 2. The molecule has 0 bridgehead atoms. The summed E-state index contributed by atoms with van der Waals surface area (Å²) < 4.78 is 4.84. The number of piperazine rings is 1. The fourth-order valence-corrected chi connectivity index (χ4v) is 2.94. The van der Waals surface area contributed by atoms with Crippen LogP contribution in [0, 0.1) is 0 Å². The van der Waals surface area contributed by atoms with Crippen molar-refractivity contribution in [1.29, 1.82) is 0 Å². The molecular weight excluding hydrogens is 246 g/mol. The van der Waals surface area contributed by atoms with Crippen molar-refractivity contribution in [2.75, 3.05) is 19.6 Å².